The number of carbonyl (C=O) groups is 1. The average molecular weight is 399 g/mol. The van der Waals surface area contributed by atoms with Gasteiger partial charge in [0.25, 0.3) is 5.56 Å². The van der Waals surface area contributed by atoms with E-state index in [9.17, 15) is 22.8 Å². The van der Waals surface area contributed by atoms with E-state index >= 15 is 0 Å². The van der Waals surface area contributed by atoms with E-state index in [0.717, 1.165) is 28.5 Å². The molecule has 0 N–H and O–H groups in total. The average Bonchev–Trinajstić information content (AvgIpc) is 3.05. The van der Waals surface area contributed by atoms with Crippen LogP contribution in [0.1, 0.15) is 22.2 Å². The van der Waals surface area contributed by atoms with Crippen LogP contribution in [-0.4, -0.2) is 33.1 Å². The van der Waals surface area contributed by atoms with E-state index in [2.05, 4.69) is 14.1 Å². The number of nitrogens with zero attached hydrogens (tertiary/aromatic N) is 3. The second-order valence-corrected chi connectivity index (χ2v) is 5.99. The summed E-state index contributed by atoms with van der Waals surface area (Å²) < 4.78 is 53.0. The Labute approximate surface area is 154 Å². The highest BCUT2D eigenvalue weighted by molar-refractivity contribution is 7.09. The van der Waals surface area contributed by atoms with Gasteiger partial charge in [-0.1, -0.05) is 12.1 Å². The topological polar surface area (TPSA) is 83.3 Å². The summed E-state index contributed by atoms with van der Waals surface area (Å²) in [6.07, 6.45) is 1.12. The number of halogens is 3. The molecule has 0 saturated carbocycles. The molecule has 3 rings (SSSR count). The lowest BCUT2D eigenvalue weighted by molar-refractivity contribution is -0.0528. The third kappa shape index (κ3) is 3.77. The molecule has 3 aromatic rings. The number of ether oxygens (including phenoxy) is 2. The van der Waals surface area contributed by atoms with Crippen molar-refractivity contribution >= 4 is 28.5 Å². The Balaban J connectivity index is 2.00. The number of aromatic nitrogens is 3. The highest BCUT2D eigenvalue weighted by Gasteiger charge is 2.21. The van der Waals surface area contributed by atoms with Gasteiger partial charge in [-0.15, -0.1) is 0 Å². The molecule has 7 nitrogen and oxygen atoms in total. The van der Waals surface area contributed by atoms with Gasteiger partial charge in [-0.25, -0.2) is 14.2 Å². The zero-order valence-corrected chi connectivity index (χ0v) is 14.6. The lowest BCUT2D eigenvalue weighted by atomic mass is 10.2. The van der Waals surface area contributed by atoms with Crippen LogP contribution < -0.4 is 10.3 Å². The molecule has 0 unspecified atom stereocenters. The van der Waals surface area contributed by atoms with E-state index in [1.54, 1.807) is 6.92 Å². The molecule has 0 spiro atoms. The predicted molar refractivity (Wildman–Crippen MR) is 89.8 cm³/mol. The van der Waals surface area contributed by atoms with E-state index in [1.165, 1.54) is 12.1 Å². The molecule has 2 heterocycles. The van der Waals surface area contributed by atoms with E-state index in [1.807, 2.05) is 0 Å². The van der Waals surface area contributed by atoms with Crippen molar-refractivity contribution in [3.8, 4) is 5.75 Å². The maximum atomic E-state index is 13.8. The minimum atomic E-state index is -3.22. The first-order chi connectivity index (χ1) is 12.9. The first-order valence-corrected chi connectivity index (χ1v) is 8.43. The molecule has 0 aliphatic heterocycles. The van der Waals surface area contributed by atoms with Crippen molar-refractivity contribution < 1.29 is 27.4 Å². The van der Waals surface area contributed by atoms with Gasteiger partial charge in [0.1, 0.15) is 5.52 Å². The van der Waals surface area contributed by atoms with E-state index in [0.29, 0.717) is 0 Å². The summed E-state index contributed by atoms with van der Waals surface area (Å²) in [7, 11) is 0. The van der Waals surface area contributed by atoms with Gasteiger partial charge >= 0.3 is 12.6 Å². The van der Waals surface area contributed by atoms with Gasteiger partial charge < -0.3 is 9.47 Å². The number of esters is 1. The van der Waals surface area contributed by atoms with Crippen LogP contribution in [0, 0.1) is 5.82 Å². The van der Waals surface area contributed by atoms with Gasteiger partial charge in [-0.2, -0.15) is 13.2 Å². The Morgan fingerprint density at radius 3 is 2.81 bits per heavy atom. The van der Waals surface area contributed by atoms with Crippen molar-refractivity contribution in [2.75, 3.05) is 6.61 Å². The van der Waals surface area contributed by atoms with E-state index < -0.39 is 29.7 Å². The number of benzene rings is 1. The Kier molecular flexibility index (Phi) is 5.40. The standard InChI is InChI=1S/C16H12F3N3O4S/c1-2-25-15(24)13-10-11(21-27-13)14(23)22(7-20-10)6-8-4-3-5-9(17)12(8)26-16(18)19/h3-5,7,16H,2,6H2,1H3. The van der Waals surface area contributed by atoms with Crippen LogP contribution >= 0.6 is 11.5 Å². The third-order valence-electron chi connectivity index (χ3n) is 3.51. The minimum Gasteiger partial charge on any atom is -0.462 e. The number of fused-ring (bicyclic) bond motifs is 1. The van der Waals surface area contributed by atoms with Crippen molar-refractivity contribution in [1.82, 2.24) is 13.9 Å². The molecule has 0 bridgehead atoms. The molecule has 0 amide bonds. The second-order valence-electron chi connectivity index (χ2n) is 5.21. The van der Waals surface area contributed by atoms with Crippen molar-refractivity contribution in [3.63, 3.8) is 0 Å². The monoisotopic (exact) mass is 399 g/mol. The van der Waals surface area contributed by atoms with Crippen molar-refractivity contribution in [1.29, 1.82) is 0 Å². The van der Waals surface area contributed by atoms with Crippen LogP contribution in [0.2, 0.25) is 0 Å². The number of hydrogen-bond acceptors (Lipinski definition) is 7. The highest BCUT2D eigenvalue weighted by Crippen LogP contribution is 2.25. The van der Waals surface area contributed by atoms with Crippen LogP contribution in [0.3, 0.4) is 0 Å². The molecule has 0 aliphatic carbocycles. The molecular weight excluding hydrogens is 387 g/mol. The van der Waals surface area contributed by atoms with Crippen LogP contribution in [0.15, 0.2) is 29.3 Å². The van der Waals surface area contributed by atoms with Gasteiger partial charge in [0.2, 0.25) is 0 Å². The molecule has 142 valence electrons. The Bertz CT molecular complexity index is 1050. The maximum absolute atomic E-state index is 13.8. The van der Waals surface area contributed by atoms with Crippen LogP contribution in [-0.2, 0) is 11.3 Å². The molecule has 27 heavy (non-hydrogen) atoms. The summed E-state index contributed by atoms with van der Waals surface area (Å²) in [6.45, 7) is -1.70. The fourth-order valence-electron chi connectivity index (χ4n) is 2.39. The van der Waals surface area contributed by atoms with Crippen LogP contribution in [0.4, 0.5) is 13.2 Å². The van der Waals surface area contributed by atoms with Crippen LogP contribution in [0.5, 0.6) is 5.75 Å². The zero-order valence-electron chi connectivity index (χ0n) is 13.8. The molecule has 0 radical (unpaired) electrons. The van der Waals surface area contributed by atoms with E-state index in [4.69, 9.17) is 4.74 Å². The number of alkyl halides is 2. The fraction of sp³-hybridized carbons (Fsp3) is 0.250. The smallest absolute Gasteiger partial charge is 0.387 e. The quantitative estimate of drug-likeness (QED) is 0.593. The molecule has 2 aromatic heterocycles. The molecule has 0 fully saturated rings. The zero-order chi connectivity index (χ0) is 19.6. The predicted octanol–water partition coefficient (Wildman–Crippen LogP) is 2.82. The van der Waals surface area contributed by atoms with Gasteiger partial charge in [-0.05, 0) is 24.5 Å². The van der Waals surface area contributed by atoms with Gasteiger partial charge in [0, 0.05) is 5.56 Å². The SMILES string of the molecule is CCOC(=O)c1snc2c(=O)n(Cc3cccc(F)c3OC(F)F)cnc12. The molecule has 0 aliphatic rings. The lowest BCUT2D eigenvalue weighted by Crippen LogP contribution is -2.22. The maximum Gasteiger partial charge on any atom is 0.387 e. The van der Waals surface area contributed by atoms with Gasteiger partial charge in [0.05, 0.1) is 19.5 Å². The summed E-state index contributed by atoms with van der Waals surface area (Å²) in [5.41, 5.74) is -0.570. The van der Waals surface area contributed by atoms with Crippen molar-refractivity contribution in [3.05, 3.63) is 51.1 Å². The van der Waals surface area contributed by atoms with Crippen molar-refractivity contribution in [2.24, 2.45) is 0 Å². The largest absolute Gasteiger partial charge is 0.462 e. The Morgan fingerprint density at radius 1 is 1.33 bits per heavy atom. The summed E-state index contributed by atoms with van der Waals surface area (Å²) in [5, 5.41) is 0. The molecular formula is C16H12F3N3O4S. The highest BCUT2D eigenvalue weighted by atomic mass is 32.1. The summed E-state index contributed by atoms with van der Waals surface area (Å²) in [4.78, 5) is 28.6. The van der Waals surface area contributed by atoms with Gasteiger partial charge in [0.15, 0.2) is 22.0 Å². The number of rotatable bonds is 6. The number of hydrogen-bond donors (Lipinski definition) is 0. The summed E-state index contributed by atoms with van der Waals surface area (Å²) in [5.74, 6) is -2.27. The minimum absolute atomic E-state index is 0.0272. The number of para-hydroxylation sites is 1. The second kappa shape index (κ2) is 7.74. The van der Waals surface area contributed by atoms with Gasteiger partial charge in [-0.3, -0.25) is 9.36 Å². The first kappa shape index (κ1) is 18.8. The molecule has 0 saturated heterocycles. The number of carbonyl (C=O) groups excluding carboxylic acids is 1. The fourth-order valence-corrected chi connectivity index (χ4v) is 3.10. The van der Waals surface area contributed by atoms with E-state index in [-0.39, 0.29) is 34.6 Å². The van der Waals surface area contributed by atoms with Crippen LogP contribution in [0.25, 0.3) is 11.0 Å². The first-order valence-electron chi connectivity index (χ1n) is 7.66. The Morgan fingerprint density at radius 2 is 2.11 bits per heavy atom. The molecule has 1 aromatic carbocycles. The summed E-state index contributed by atoms with van der Waals surface area (Å²) >= 11 is 0.770. The molecule has 0 atom stereocenters. The summed E-state index contributed by atoms with van der Waals surface area (Å²) in [6, 6.07) is 3.63. The molecule has 11 heteroatoms. The third-order valence-corrected chi connectivity index (χ3v) is 4.33. The normalized spacial score (nSPS) is 11.1. The Hall–Kier alpha value is -2.95. The van der Waals surface area contributed by atoms with Crippen molar-refractivity contribution in [2.45, 2.75) is 20.1 Å². The lowest BCUT2D eigenvalue weighted by Gasteiger charge is -2.12.